The highest BCUT2D eigenvalue weighted by Crippen LogP contribution is 2.19. The van der Waals surface area contributed by atoms with Crippen molar-refractivity contribution in [1.29, 1.82) is 0 Å². The Labute approximate surface area is 156 Å². The Morgan fingerprint density at radius 1 is 1.37 bits per heavy atom. The lowest BCUT2D eigenvalue weighted by molar-refractivity contribution is -0.140. The molecule has 0 spiro atoms. The molecular formula is C18H23N5O4. The van der Waals surface area contributed by atoms with Gasteiger partial charge in [-0.15, -0.1) is 0 Å². The van der Waals surface area contributed by atoms with Crippen LogP contribution in [0.1, 0.15) is 25.2 Å². The maximum absolute atomic E-state index is 12.6. The summed E-state index contributed by atoms with van der Waals surface area (Å²) in [5.74, 6) is 1.08. The topological polar surface area (TPSA) is 105 Å². The first-order valence-corrected chi connectivity index (χ1v) is 9.34. The van der Waals surface area contributed by atoms with Crippen LogP contribution in [0.3, 0.4) is 0 Å². The van der Waals surface area contributed by atoms with Crippen molar-refractivity contribution in [2.75, 3.05) is 32.7 Å². The molecule has 2 fully saturated rings. The van der Waals surface area contributed by atoms with Crippen LogP contribution in [0, 0.1) is 0 Å². The maximum Gasteiger partial charge on any atom is 0.236 e. The molecular weight excluding hydrogens is 350 g/mol. The van der Waals surface area contributed by atoms with Crippen LogP contribution in [0.2, 0.25) is 0 Å². The van der Waals surface area contributed by atoms with Gasteiger partial charge in [0.25, 0.3) is 0 Å². The molecule has 1 N–H and O–H groups in total. The van der Waals surface area contributed by atoms with Crippen LogP contribution in [-0.4, -0.2) is 70.5 Å². The van der Waals surface area contributed by atoms with Crippen molar-refractivity contribution < 1.29 is 18.5 Å². The highest BCUT2D eigenvalue weighted by molar-refractivity contribution is 5.80. The molecule has 144 valence electrons. The molecule has 2 aromatic heterocycles. The molecule has 2 aromatic rings. The summed E-state index contributed by atoms with van der Waals surface area (Å²) in [5, 5.41) is 7.00. The molecule has 4 rings (SSSR count). The first-order valence-electron chi connectivity index (χ1n) is 9.34. The van der Waals surface area contributed by atoms with Gasteiger partial charge < -0.3 is 24.1 Å². The number of aromatic nitrogens is 2. The quantitative estimate of drug-likeness (QED) is 0.822. The first-order chi connectivity index (χ1) is 13.2. The van der Waals surface area contributed by atoms with Crippen molar-refractivity contribution in [3.05, 3.63) is 24.5 Å². The van der Waals surface area contributed by atoms with E-state index in [1.165, 1.54) is 0 Å². The minimum absolute atomic E-state index is 0.0605. The van der Waals surface area contributed by atoms with Gasteiger partial charge in [0.15, 0.2) is 0 Å². The highest BCUT2D eigenvalue weighted by atomic mass is 16.5. The summed E-state index contributed by atoms with van der Waals surface area (Å²) < 4.78 is 10.2. The Bertz CT molecular complexity index is 788. The smallest absolute Gasteiger partial charge is 0.236 e. The predicted octanol–water partition coefficient (Wildman–Crippen LogP) is 0.685. The van der Waals surface area contributed by atoms with Crippen LogP contribution < -0.4 is 5.32 Å². The third kappa shape index (κ3) is 4.02. The van der Waals surface area contributed by atoms with Crippen molar-refractivity contribution in [3.8, 4) is 11.4 Å². The Morgan fingerprint density at radius 2 is 2.30 bits per heavy atom. The van der Waals surface area contributed by atoms with E-state index in [1.54, 1.807) is 18.6 Å². The zero-order valence-corrected chi connectivity index (χ0v) is 15.1. The van der Waals surface area contributed by atoms with E-state index < -0.39 is 0 Å². The molecule has 2 aliphatic rings. The fraction of sp³-hybridized carbons (Fsp3) is 0.556. The van der Waals surface area contributed by atoms with Gasteiger partial charge in [0.05, 0.1) is 18.4 Å². The van der Waals surface area contributed by atoms with E-state index in [-0.39, 0.29) is 17.9 Å². The molecule has 0 radical (unpaired) electrons. The van der Waals surface area contributed by atoms with E-state index >= 15 is 0 Å². The summed E-state index contributed by atoms with van der Waals surface area (Å²) in [6.07, 6.45) is 5.68. The number of hydrogen-bond acceptors (Lipinski definition) is 7. The molecule has 27 heavy (non-hydrogen) atoms. The summed E-state index contributed by atoms with van der Waals surface area (Å²) in [7, 11) is 0. The second-order valence-electron chi connectivity index (χ2n) is 6.92. The van der Waals surface area contributed by atoms with Gasteiger partial charge in [-0.1, -0.05) is 5.16 Å². The van der Waals surface area contributed by atoms with Crippen LogP contribution in [0.5, 0.6) is 0 Å². The van der Waals surface area contributed by atoms with Gasteiger partial charge in [0, 0.05) is 45.1 Å². The normalized spacial score (nSPS) is 20.9. The van der Waals surface area contributed by atoms with Gasteiger partial charge in [0.2, 0.25) is 23.5 Å². The van der Waals surface area contributed by atoms with E-state index in [4.69, 9.17) is 8.94 Å². The van der Waals surface area contributed by atoms with E-state index in [1.807, 2.05) is 9.80 Å². The number of piperidine rings is 1. The second-order valence-corrected chi connectivity index (χ2v) is 6.92. The molecule has 1 atom stereocenters. The monoisotopic (exact) mass is 373 g/mol. The van der Waals surface area contributed by atoms with Crippen LogP contribution in [0.15, 0.2) is 27.5 Å². The summed E-state index contributed by atoms with van der Waals surface area (Å²) >= 11 is 0. The van der Waals surface area contributed by atoms with E-state index in [9.17, 15) is 9.59 Å². The van der Waals surface area contributed by atoms with Gasteiger partial charge >= 0.3 is 0 Å². The summed E-state index contributed by atoms with van der Waals surface area (Å²) in [6.45, 7) is 3.26. The molecule has 0 saturated carbocycles. The molecule has 0 bridgehead atoms. The Hall–Kier alpha value is -2.68. The van der Waals surface area contributed by atoms with E-state index in [2.05, 4.69) is 15.5 Å². The number of furan rings is 1. The Morgan fingerprint density at radius 3 is 3.11 bits per heavy atom. The van der Waals surface area contributed by atoms with Crippen LogP contribution in [0.25, 0.3) is 11.4 Å². The van der Waals surface area contributed by atoms with E-state index in [0.29, 0.717) is 44.2 Å². The number of nitrogens with zero attached hydrogens (tertiary/aromatic N) is 4. The Balaban J connectivity index is 1.31. The van der Waals surface area contributed by atoms with Gasteiger partial charge in [-0.05, 0) is 18.9 Å². The minimum atomic E-state index is 0.0605. The molecule has 2 saturated heterocycles. The second kappa shape index (κ2) is 7.91. The van der Waals surface area contributed by atoms with Crippen molar-refractivity contribution in [1.82, 2.24) is 25.3 Å². The van der Waals surface area contributed by atoms with Gasteiger partial charge in [0.1, 0.15) is 6.26 Å². The lowest BCUT2D eigenvalue weighted by atomic mass is 10.0. The average Bonchev–Trinajstić information content (AvgIpc) is 3.38. The molecule has 1 unspecified atom stereocenters. The molecule has 4 heterocycles. The minimum Gasteiger partial charge on any atom is -0.472 e. The van der Waals surface area contributed by atoms with E-state index in [0.717, 1.165) is 31.5 Å². The maximum atomic E-state index is 12.6. The number of likely N-dealkylation sites (tertiary alicyclic amines) is 1. The van der Waals surface area contributed by atoms with Crippen LogP contribution >= 0.6 is 0 Å². The summed E-state index contributed by atoms with van der Waals surface area (Å²) in [4.78, 5) is 32.8. The van der Waals surface area contributed by atoms with Crippen molar-refractivity contribution in [2.45, 2.75) is 31.7 Å². The van der Waals surface area contributed by atoms with Crippen molar-refractivity contribution in [3.63, 3.8) is 0 Å². The number of aryl methyl sites for hydroxylation is 1. The third-order valence-corrected chi connectivity index (χ3v) is 5.12. The molecule has 9 nitrogen and oxygen atoms in total. The van der Waals surface area contributed by atoms with Crippen LogP contribution in [0.4, 0.5) is 0 Å². The molecule has 2 amide bonds. The standard InChI is InChI=1S/C18H23N5O4/c24-16(4-3-15-20-18(21-27-15)13-5-9-26-12-13)22-7-1-2-14(11-22)23-8-6-19-10-17(23)25/h5,9,12,14,19H,1-4,6-8,10-11H2. The first kappa shape index (κ1) is 17.7. The number of hydrogen-bond donors (Lipinski definition) is 1. The third-order valence-electron chi connectivity index (χ3n) is 5.12. The number of piperazine rings is 1. The number of amides is 2. The fourth-order valence-corrected chi connectivity index (χ4v) is 3.68. The lowest BCUT2D eigenvalue weighted by Gasteiger charge is -2.41. The number of nitrogens with one attached hydrogen (secondary N) is 1. The lowest BCUT2D eigenvalue weighted by Crippen LogP contribution is -2.57. The predicted molar refractivity (Wildman–Crippen MR) is 94.5 cm³/mol. The zero-order chi connectivity index (χ0) is 18.6. The number of carbonyl (C=O) groups is 2. The highest BCUT2D eigenvalue weighted by Gasteiger charge is 2.31. The average molecular weight is 373 g/mol. The van der Waals surface area contributed by atoms with Crippen LogP contribution in [-0.2, 0) is 16.0 Å². The summed E-state index contributed by atoms with van der Waals surface area (Å²) in [5.41, 5.74) is 0.746. The largest absolute Gasteiger partial charge is 0.472 e. The van der Waals surface area contributed by atoms with Crippen molar-refractivity contribution in [2.24, 2.45) is 0 Å². The van der Waals surface area contributed by atoms with Crippen molar-refractivity contribution >= 4 is 11.8 Å². The van der Waals surface area contributed by atoms with Gasteiger partial charge in [-0.25, -0.2) is 0 Å². The SMILES string of the molecule is O=C(CCc1nc(-c2ccoc2)no1)N1CCCC(N2CCNCC2=O)C1. The molecule has 9 heteroatoms. The van der Waals surface area contributed by atoms with Gasteiger partial charge in [-0.2, -0.15) is 4.98 Å². The molecule has 2 aliphatic heterocycles. The number of rotatable bonds is 5. The van der Waals surface area contributed by atoms with Gasteiger partial charge in [-0.3, -0.25) is 9.59 Å². The molecule has 0 aliphatic carbocycles. The summed E-state index contributed by atoms with van der Waals surface area (Å²) in [6, 6.07) is 1.87. The zero-order valence-electron chi connectivity index (χ0n) is 15.1. The molecule has 0 aromatic carbocycles. The Kier molecular flexibility index (Phi) is 5.19. The number of carbonyl (C=O) groups excluding carboxylic acids is 2. The fourth-order valence-electron chi connectivity index (χ4n) is 3.68.